The summed E-state index contributed by atoms with van der Waals surface area (Å²) in [6.45, 7) is 8.84. The summed E-state index contributed by atoms with van der Waals surface area (Å²) in [5.41, 5.74) is 2.73. The molecular formula is C31H44FNO4. The van der Waals surface area contributed by atoms with Crippen molar-refractivity contribution in [2.24, 2.45) is 5.92 Å². The minimum Gasteiger partial charge on any atom is -0.494 e. The van der Waals surface area contributed by atoms with Crippen LogP contribution in [0.1, 0.15) is 69.1 Å². The van der Waals surface area contributed by atoms with Crippen LogP contribution in [-0.4, -0.2) is 56.9 Å². The predicted molar refractivity (Wildman–Crippen MR) is 146 cm³/mol. The number of benzene rings is 2. The minimum atomic E-state index is -0.652. The number of unbranched alkanes of at least 4 members (excludes halogenated alkanes) is 1. The number of methoxy groups -OCH3 is 1. The van der Waals surface area contributed by atoms with Gasteiger partial charge < -0.3 is 19.1 Å². The molecule has 2 aromatic carbocycles. The number of carbonyl (C=O) groups excluding carboxylic acids is 1. The fraction of sp³-hybridized carbons (Fsp3) is 0.581. The van der Waals surface area contributed by atoms with E-state index >= 15 is 0 Å². The standard InChI is InChI=1S/C31H44FNO4/c1-6-7-20-36-27-11-8-24(9-12-27)15-18-33(4)19-17-31(37-29(34)22-35-5)16-14-25-21-26(32)10-13-28(25)30(31)23(2)3/h8-13,21,23,30H,6-7,14-20,22H2,1-5H3/t30-,31-/m1/s1. The summed E-state index contributed by atoms with van der Waals surface area (Å²) in [7, 11) is 3.62. The highest BCUT2D eigenvalue weighted by Gasteiger charge is 2.47. The Morgan fingerprint density at radius 1 is 1.16 bits per heavy atom. The van der Waals surface area contributed by atoms with Gasteiger partial charge in [0.05, 0.1) is 6.61 Å². The van der Waals surface area contributed by atoms with Crippen molar-refractivity contribution in [3.8, 4) is 5.75 Å². The third-order valence-electron chi connectivity index (χ3n) is 7.46. The number of hydrogen-bond donors (Lipinski definition) is 0. The largest absolute Gasteiger partial charge is 0.494 e. The van der Waals surface area contributed by atoms with Crippen molar-refractivity contribution >= 4 is 5.97 Å². The van der Waals surface area contributed by atoms with Gasteiger partial charge in [-0.05, 0) is 79.6 Å². The molecule has 5 nitrogen and oxygen atoms in total. The summed E-state index contributed by atoms with van der Waals surface area (Å²) in [5, 5.41) is 0. The highest BCUT2D eigenvalue weighted by molar-refractivity contribution is 5.71. The van der Waals surface area contributed by atoms with Crippen molar-refractivity contribution in [2.45, 2.75) is 70.8 Å². The number of hydrogen-bond acceptors (Lipinski definition) is 5. The molecule has 1 aliphatic rings. The topological polar surface area (TPSA) is 48.0 Å². The van der Waals surface area contributed by atoms with Crippen LogP contribution in [0.25, 0.3) is 0 Å². The Morgan fingerprint density at radius 3 is 2.59 bits per heavy atom. The van der Waals surface area contributed by atoms with Crippen molar-refractivity contribution < 1.29 is 23.4 Å². The molecule has 0 aromatic heterocycles. The van der Waals surface area contributed by atoms with Gasteiger partial charge in [-0.1, -0.05) is 45.4 Å². The SMILES string of the molecule is CCCCOc1ccc(CCN(C)CC[C@]2(OC(=O)COC)CCc3cc(F)ccc3[C@H]2C(C)C)cc1. The first-order valence-electron chi connectivity index (χ1n) is 13.7. The molecule has 0 N–H and O–H groups in total. The number of rotatable bonds is 14. The highest BCUT2D eigenvalue weighted by Crippen LogP contribution is 2.48. The smallest absolute Gasteiger partial charge is 0.332 e. The second-order valence-electron chi connectivity index (χ2n) is 10.7. The first-order valence-corrected chi connectivity index (χ1v) is 13.7. The van der Waals surface area contributed by atoms with Crippen molar-refractivity contribution in [1.29, 1.82) is 0 Å². The van der Waals surface area contributed by atoms with Gasteiger partial charge in [0.1, 0.15) is 23.8 Å². The van der Waals surface area contributed by atoms with Crippen molar-refractivity contribution in [2.75, 3.05) is 40.5 Å². The number of nitrogens with zero attached hydrogens (tertiary/aromatic N) is 1. The van der Waals surface area contributed by atoms with Gasteiger partial charge in [0.25, 0.3) is 0 Å². The van der Waals surface area contributed by atoms with Gasteiger partial charge in [-0.25, -0.2) is 9.18 Å². The average molecular weight is 514 g/mol. The Balaban J connectivity index is 1.68. The van der Waals surface area contributed by atoms with Gasteiger partial charge in [-0.15, -0.1) is 0 Å². The highest BCUT2D eigenvalue weighted by atomic mass is 19.1. The molecule has 0 fully saturated rings. The van der Waals surface area contributed by atoms with Crippen molar-refractivity contribution in [3.63, 3.8) is 0 Å². The molecular weight excluding hydrogens is 469 g/mol. The zero-order valence-electron chi connectivity index (χ0n) is 23.2. The number of halogens is 1. The Hall–Kier alpha value is -2.44. The molecule has 2 atom stereocenters. The fourth-order valence-electron chi connectivity index (χ4n) is 5.56. The van der Waals surface area contributed by atoms with Crippen LogP contribution in [0, 0.1) is 11.7 Å². The second-order valence-corrected chi connectivity index (χ2v) is 10.7. The predicted octanol–water partition coefficient (Wildman–Crippen LogP) is 6.18. The van der Waals surface area contributed by atoms with Gasteiger partial charge >= 0.3 is 5.97 Å². The molecule has 0 bridgehead atoms. The van der Waals surface area contributed by atoms with Crippen LogP contribution in [0.4, 0.5) is 4.39 Å². The molecule has 0 radical (unpaired) electrons. The Labute approximate surface area is 222 Å². The first-order chi connectivity index (χ1) is 17.8. The van der Waals surface area contributed by atoms with Crippen LogP contribution in [0.2, 0.25) is 0 Å². The van der Waals surface area contributed by atoms with Gasteiger partial charge in [-0.3, -0.25) is 0 Å². The van der Waals surface area contributed by atoms with E-state index < -0.39 is 5.60 Å². The van der Waals surface area contributed by atoms with Crippen molar-refractivity contribution in [1.82, 2.24) is 4.90 Å². The van der Waals surface area contributed by atoms with E-state index in [-0.39, 0.29) is 30.2 Å². The minimum absolute atomic E-state index is 0.00805. The molecule has 0 aliphatic heterocycles. The van der Waals surface area contributed by atoms with Gasteiger partial charge in [0, 0.05) is 32.5 Å². The molecule has 0 amide bonds. The molecule has 0 saturated carbocycles. The summed E-state index contributed by atoms with van der Waals surface area (Å²) in [5.74, 6) is 0.574. The van der Waals surface area contributed by atoms with E-state index in [0.717, 1.165) is 55.8 Å². The van der Waals surface area contributed by atoms with E-state index in [1.807, 2.05) is 18.2 Å². The zero-order chi connectivity index (χ0) is 26.8. The molecule has 1 aliphatic carbocycles. The van der Waals surface area contributed by atoms with Crippen LogP contribution in [0.5, 0.6) is 5.75 Å². The molecule has 2 aromatic rings. The van der Waals surface area contributed by atoms with Gasteiger partial charge in [0.15, 0.2) is 0 Å². The Kier molecular flexibility index (Phi) is 11.0. The number of likely N-dealkylation sites (N-methyl/N-ethyl adjacent to an activating group) is 1. The number of carbonyl (C=O) groups is 1. The molecule has 0 saturated heterocycles. The summed E-state index contributed by atoms with van der Waals surface area (Å²) in [4.78, 5) is 15.0. The lowest BCUT2D eigenvalue weighted by Gasteiger charge is -2.47. The number of esters is 1. The van der Waals surface area contributed by atoms with Crippen LogP contribution >= 0.6 is 0 Å². The monoisotopic (exact) mass is 513 g/mol. The number of ether oxygens (including phenoxy) is 3. The number of fused-ring (bicyclic) bond motifs is 1. The van der Waals surface area contributed by atoms with Gasteiger partial charge in [0.2, 0.25) is 0 Å². The normalized spacial score (nSPS) is 19.2. The van der Waals surface area contributed by atoms with Crippen LogP contribution in [0.3, 0.4) is 0 Å². The summed E-state index contributed by atoms with van der Waals surface area (Å²) in [6, 6.07) is 13.4. The van der Waals surface area contributed by atoms with Gasteiger partial charge in [-0.2, -0.15) is 0 Å². The fourth-order valence-corrected chi connectivity index (χ4v) is 5.56. The number of aryl methyl sites for hydroxylation is 1. The molecule has 0 spiro atoms. The summed E-state index contributed by atoms with van der Waals surface area (Å²) >= 11 is 0. The molecule has 3 rings (SSSR count). The molecule has 204 valence electrons. The average Bonchev–Trinajstić information content (AvgIpc) is 2.87. The Morgan fingerprint density at radius 2 is 1.92 bits per heavy atom. The van der Waals surface area contributed by atoms with E-state index in [9.17, 15) is 9.18 Å². The maximum atomic E-state index is 14.0. The lowest BCUT2D eigenvalue weighted by Crippen LogP contribution is -2.49. The lowest BCUT2D eigenvalue weighted by molar-refractivity contribution is -0.172. The van der Waals surface area contributed by atoms with E-state index in [2.05, 4.69) is 44.9 Å². The summed E-state index contributed by atoms with van der Waals surface area (Å²) < 4.78 is 31.1. The molecule has 6 heteroatoms. The Bertz CT molecular complexity index is 993. The second kappa shape index (κ2) is 13.9. The molecule has 37 heavy (non-hydrogen) atoms. The quantitative estimate of drug-likeness (QED) is 0.223. The van der Waals surface area contributed by atoms with Crippen LogP contribution in [0.15, 0.2) is 42.5 Å². The van der Waals surface area contributed by atoms with Crippen LogP contribution < -0.4 is 4.74 Å². The van der Waals surface area contributed by atoms with E-state index in [0.29, 0.717) is 19.3 Å². The van der Waals surface area contributed by atoms with Crippen molar-refractivity contribution in [3.05, 3.63) is 65.0 Å². The first kappa shape index (κ1) is 29.1. The zero-order valence-corrected chi connectivity index (χ0v) is 23.2. The molecule has 0 heterocycles. The maximum absolute atomic E-state index is 14.0. The van der Waals surface area contributed by atoms with Crippen LogP contribution in [-0.2, 0) is 27.1 Å². The summed E-state index contributed by atoms with van der Waals surface area (Å²) in [6.07, 6.45) is 5.19. The van der Waals surface area contributed by atoms with E-state index in [1.165, 1.54) is 18.7 Å². The molecule has 0 unspecified atom stereocenters. The third kappa shape index (κ3) is 8.02. The lowest BCUT2D eigenvalue weighted by atomic mass is 9.65. The maximum Gasteiger partial charge on any atom is 0.332 e. The third-order valence-corrected chi connectivity index (χ3v) is 7.46. The van der Waals surface area contributed by atoms with E-state index in [1.54, 1.807) is 6.07 Å². The van der Waals surface area contributed by atoms with E-state index in [4.69, 9.17) is 14.2 Å².